The highest BCUT2D eigenvalue weighted by atomic mass is 32.1. The Bertz CT molecular complexity index is 631. The first-order valence-corrected chi connectivity index (χ1v) is 7.02. The maximum absolute atomic E-state index is 4.40. The Morgan fingerprint density at radius 3 is 2.95 bits per heavy atom. The lowest BCUT2D eigenvalue weighted by Gasteiger charge is -2.16. The molecule has 0 saturated carbocycles. The molecule has 4 nitrogen and oxygen atoms in total. The maximum atomic E-state index is 4.40. The fraction of sp³-hybridized carbons (Fsp3) is 0.143. The molecule has 1 unspecified atom stereocenters. The van der Waals surface area contributed by atoms with Crippen LogP contribution < -0.4 is 5.32 Å². The van der Waals surface area contributed by atoms with Crippen LogP contribution in [0.3, 0.4) is 0 Å². The molecule has 0 radical (unpaired) electrons. The standard InChI is InChI=1S/C14H14N4S/c1-11(12-5-9-19-10-12)17-13-4-2-6-15-14(13)18-8-3-7-16-18/h2-11,17H,1H3. The highest BCUT2D eigenvalue weighted by molar-refractivity contribution is 7.07. The normalized spacial score (nSPS) is 12.3. The van der Waals surface area contributed by atoms with Crippen molar-refractivity contribution in [2.45, 2.75) is 13.0 Å². The fourth-order valence-electron chi connectivity index (χ4n) is 1.92. The predicted molar refractivity (Wildman–Crippen MR) is 77.7 cm³/mol. The molecule has 3 aromatic heterocycles. The summed E-state index contributed by atoms with van der Waals surface area (Å²) in [6, 6.07) is 8.21. The molecule has 1 atom stereocenters. The van der Waals surface area contributed by atoms with Crippen LogP contribution in [0.5, 0.6) is 0 Å². The minimum atomic E-state index is 0.241. The van der Waals surface area contributed by atoms with Gasteiger partial charge in [-0.15, -0.1) is 0 Å². The van der Waals surface area contributed by atoms with E-state index in [1.54, 1.807) is 28.4 Å². The molecule has 0 saturated heterocycles. The fourth-order valence-corrected chi connectivity index (χ4v) is 2.68. The van der Waals surface area contributed by atoms with Gasteiger partial charge in [-0.3, -0.25) is 0 Å². The van der Waals surface area contributed by atoms with Gasteiger partial charge in [-0.25, -0.2) is 9.67 Å². The molecule has 0 fully saturated rings. The Kier molecular flexibility index (Phi) is 3.29. The van der Waals surface area contributed by atoms with E-state index in [0.717, 1.165) is 11.5 Å². The monoisotopic (exact) mass is 270 g/mol. The van der Waals surface area contributed by atoms with Crippen molar-refractivity contribution >= 4 is 17.0 Å². The van der Waals surface area contributed by atoms with E-state index in [0.29, 0.717) is 0 Å². The lowest BCUT2D eigenvalue weighted by Crippen LogP contribution is -2.10. The van der Waals surface area contributed by atoms with Gasteiger partial charge in [0, 0.05) is 24.6 Å². The van der Waals surface area contributed by atoms with Crippen molar-refractivity contribution in [3.63, 3.8) is 0 Å². The second kappa shape index (κ2) is 5.24. The van der Waals surface area contributed by atoms with E-state index in [1.807, 2.05) is 24.4 Å². The number of nitrogens with zero attached hydrogens (tertiary/aromatic N) is 3. The third kappa shape index (κ3) is 2.51. The summed E-state index contributed by atoms with van der Waals surface area (Å²) >= 11 is 1.71. The van der Waals surface area contributed by atoms with Gasteiger partial charge >= 0.3 is 0 Å². The van der Waals surface area contributed by atoms with Gasteiger partial charge in [0.15, 0.2) is 5.82 Å². The van der Waals surface area contributed by atoms with E-state index in [4.69, 9.17) is 0 Å². The van der Waals surface area contributed by atoms with Crippen LogP contribution >= 0.6 is 11.3 Å². The summed E-state index contributed by atoms with van der Waals surface area (Å²) < 4.78 is 1.77. The zero-order valence-electron chi connectivity index (χ0n) is 10.5. The first kappa shape index (κ1) is 11.9. The summed E-state index contributed by atoms with van der Waals surface area (Å²) in [7, 11) is 0. The number of hydrogen-bond donors (Lipinski definition) is 1. The molecule has 3 aromatic rings. The Morgan fingerprint density at radius 1 is 1.26 bits per heavy atom. The van der Waals surface area contributed by atoms with Gasteiger partial charge in [0.05, 0.1) is 5.69 Å². The van der Waals surface area contributed by atoms with Gasteiger partial charge in [-0.2, -0.15) is 16.4 Å². The largest absolute Gasteiger partial charge is 0.375 e. The quantitative estimate of drug-likeness (QED) is 0.789. The van der Waals surface area contributed by atoms with Crippen molar-refractivity contribution in [3.8, 4) is 5.82 Å². The van der Waals surface area contributed by atoms with Crippen LogP contribution in [-0.2, 0) is 0 Å². The van der Waals surface area contributed by atoms with Crippen molar-refractivity contribution in [1.82, 2.24) is 14.8 Å². The number of hydrogen-bond acceptors (Lipinski definition) is 4. The minimum Gasteiger partial charge on any atom is -0.375 e. The summed E-state index contributed by atoms with van der Waals surface area (Å²) in [4.78, 5) is 4.40. The average molecular weight is 270 g/mol. The second-order valence-corrected chi connectivity index (χ2v) is 5.03. The summed E-state index contributed by atoms with van der Waals surface area (Å²) in [6.07, 6.45) is 5.42. The zero-order valence-corrected chi connectivity index (χ0v) is 11.3. The molecule has 3 rings (SSSR count). The molecule has 0 aliphatic heterocycles. The third-order valence-electron chi connectivity index (χ3n) is 2.92. The highest BCUT2D eigenvalue weighted by Gasteiger charge is 2.10. The summed E-state index contributed by atoms with van der Waals surface area (Å²) in [6.45, 7) is 2.14. The number of aromatic nitrogens is 3. The van der Waals surface area contributed by atoms with Crippen LogP contribution in [-0.4, -0.2) is 14.8 Å². The first-order valence-electron chi connectivity index (χ1n) is 6.08. The lowest BCUT2D eigenvalue weighted by molar-refractivity contribution is 0.830. The molecule has 1 N–H and O–H groups in total. The van der Waals surface area contributed by atoms with Crippen LogP contribution in [0.1, 0.15) is 18.5 Å². The van der Waals surface area contributed by atoms with Crippen LogP contribution in [0.15, 0.2) is 53.6 Å². The topological polar surface area (TPSA) is 42.7 Å². The minimum absolute atomic E-state index is 0.241. The van der Waals surface area contributed by atoms with Crippen molar-refractivity contribution in [2.75, 3.05) is 5.32 Å². The lowest BCUT2D eigenvalue weighted by atomic mass is 10.2. The predicted octanol–water partition coefficient (Wildman–Crippen LogP) is 3.50. The molecule has 96 valence electrons. The molecule has 3 heterocycles. The molecule has 0 spiro atoms. The van der Waals surface area contributed by atoms with Crippen LogP contribution in [0.2, 0.25) is 0 Å². The first-order chi connectivity index (χ1) is 9.34. The van der Waals surface area contributed by atoms with Crippen LogP contribution in [0.25, 0.3) is 5.82 Å². The van der Waals surface area contributed by atoms with Gasteiger partial charge in [-0.1, -0.05) is 0 Å². The highest BCUT2D eigenvalue weighted by Crippen LogP contribution is 2.24. The van der Waals surface area contributed by atoms with E-state index in [-0.39, 0.29) is 6.04 Å². The SMILES string of the molecule is CC(Nc1cccnc1-n1cccn1)c1ccsc1. The van der Waals surface area contributed by atoms with E-state index >= 15 is 0 Å². The van der Waals surface area contributed by atoms with Gasteiger partial charge in [-0.05, 0) is 47.5 Å². The van der Waals surface area contributed by atoms with E-state index in [9.17, 15) is 0 Å². The Hall–Kier alpha value is -2.14. The number of rotatable bonds is 4. The second-order valence-electron chi connectivity index (χ2n) is 4.25. The molecule has 0 amide bonds. The number of nitrogens with one attached hydrogen (secondary N) is 1. The summed E-state index contributed by atoms with van der Waals surface area (Å²) in [5, 5.41) is 12.0. The Labute approximate surface area is 115 Å². The van der Waals surface area contributed by atoms with E-state index in [1.165, 1.54) is 5.56 Å². The molecular weight excluding hydrogens is 256 g/mol. The van der Waals surface area contributed by atoms with E-state index < -0.39 is 0 Å². The van der Waals surface area contributed by atoms with Crippen molar-refractivity contribution in [3.05, 3.63) is 59.2 Å². The molecule has 0 aromatic carbocycles. The third-order valence-corrected chi connectivity index (χ3v) is 3.62. The van der Waals surface area contributed by atoms with Crippen LogP contribution in [0.4, 0.5) is 5.69 Å². The van der Waals surface area contributed by atoms with Crippen molar-refractivity contribution < 1.29 is 0 Å². The zero-order chi connectivity index (χ0) is 13.1. The molecule has 0 aliphatic carbocycles. The number of pyridine rings is 1. The van der Waals surface area contributed by atoms with Gasteiger partial charge in [0.25, 0.3) is 0 Å². The van der Waals surface area contributed by atoms with Crippen molar-refractivity contribution in [1.29, 1.82) is 0 Å². The molecule has 19 heavy (non-hydrogen) atoms. The van der Waals surface area contributed by atoms with Crippen LogP contribution in [0, 0.1) is 0 Å². The summed E-state index contributed by atoms with van der Waals surface area (Å²) in [5.41, 5.74) is 2.25. The molecule has 0 aliphatic rings. The smallest absolute Gasteiger partial charge is 0.176 e. The van der Waals surface area contributed by atoms with E-state index in [2.05, 4.69) is 39.1 Å². The Morgan fingerprint density at radius 2 is 2.21 bits per heavy atom. The van der Waals surface area contributed by atoms with Gasteiger partial charge < -0.3 is 5.32 Å². The van der Waals surface area contributed by atoms with Crippen molar-refractivity contribution in [2.24, 2.45) is 0 Å². The Balaban J connectivity index is 1.89. The molecule has 5 heteroatoms. The summed E-state index contributed by atoms with van der Waals surface area (Å²) in [5.74, 6) is 0.814. The van der Waals surface area contributed by atoms with Gasteiger partial charge in [0.2, 0.25) is 0 Å². The van der Waals surface area contributed by atoms with Gasteiger partial charge in [0.1, 0.15) is 0 Å². The number of thiophene rings is 1. The molecule has 0 bridgehead atoms. The average Bonchev–Trinajstić information content (AvgIpc) is 3.13. The molecular formula is C14H14N4S. The maximum Gasteiger partial charge on any atom is 0.176 e. The number of anilines is 1.